The highest BCUT2D eigenvalue weighted by Gasteiger charge is 2.29. The number of carbonyl (C=O) groups excluding carboxylic acids is 1. The normalized spacial score (nSPS) is 16.1. The van der Waals surface area contributed by atoms with Gasteiger partial charge in [0.25, 0.3) is 5.91 Å². The molecule has 1 aliphatic rings. The minimum absolute atomic E-state index is 0.0230. The average molecular weight is 497 g/mol. The van der Waals surface area contributed by atoms with Gasteiger partial charge >= 0.3 is 0 Å². The molecule has 3 aromatic rings. The highest BCUT2D eigenvalue weighted by molar-refractivity contribution is 8.00. The lowest BCUT2D eigenvalue weighted by atomic mass is 10.1. The number of thioether (sulfide) groups is 1. The molecule has 1 unspecified atom stereocenters. The van der Waals surface area contributed by atoms with Gasteiger partial charge in [-0.25, -0.2) is 8.42 Å². The number of nitrogens with zero attached hydrogens (tertiary/aromatic N) is 2. The predicted molar refractivity (Wildman–Crippen MR) is 136 cm³/mol. The van der Waals surface area contributed by atoms with Crippen molar-refractivity contribution in [1.29, 1.82) is 0 Å². The smallest absolute Gasteiger partial charge is 0.258 e. The second-order valence-corrected chi connectivity index (χ2v) is 11.7. The first-order chi connectivity index (χ1) is 16.3. The number of fused-ring (bicyclic) bond motifs is 1. The number of para-hydroxylation sites is 1. The van der Waals surface area contributed by atoms with Crippen LogP contribution in [0.15, 0.2) is 82.6 Å². The molecular formula is C26H28N2O4S2. The van der Waals surface area contributed by atoms with E-state index in [4.69, 9.17) is 4.74 Å². The van der Waals surface area contributed by atoms with Gasteiger partial charge in [-0.05, 0) is 42.3 Å². The van der Waals surface area contributed by atoms with Crippen molar-refractivity contribution in [3.63, 3.8) is 0 Å². The fraction of sp³-hybridized carbons (Fsp3) is 0.269. The molecule has 1 heterocycles. The molecule has 0 radical (unpaired) electrons. The number of sulfonamides is 1. The number of anilines is 1. The van der Waals surface area contributed by atoms with E-state index >= 15 is 0 Å². The van der Waals surface area contributed by atoms with Crippen molar-refractivity contribution >= 4 is 33.4 Å². The first-order valence-corrected chi connectivity index (χ1v) is 13.4. The van der Waals surface area contributed by atoms with Gasteiger partial charge in [0.2, 0.25) is 10.0 Å². The lowest BCUT2D eigenvalue weighted by Crippen LogP contribution is -2.32. The van der Waals surface area contributed by atoms with E-state index in [0.29, 0.717) is 17.4 Å². The molecule has 0 aromatic heterocycles. The van der Waals surface area contributed by atoms with Gasteiger partial charge in [-0.3, -0.25) is 4.79 Å². The van der Waals surface area contributed by atoms with Crippen molar-refractivity contribution in [2.24, 2.45) is 0 Å². The number of ether oxygens (including phenoxy) is 1. The van der Waals surface area contributed by atoms with Crippen LogP contribution in [-0.4, -0.2) is 44.6 Å². The number of benzene rings is 3. The minimum atomic E-state index is -3.91. The van der Waals surface area contributed by atoms with Gasteiger partial charge in [0.1, 0.15) is 10.6 Å². The molecule has 0 spiro atoms. The Balaban J connectivity index is 1.69. The Morgan fingerprint density at radius 3 is 2.53 bits per heavy atom. The SMILES string of the molecule is COc1ccc(C(=O)N2CCC(C)Sc3ccccc32)cc1S(=O)(=O)N(C)Cc1ccccc1. The summed E-state index contributed by atoms with van der Waals surface area (Å²) in [4.78, 5) is 16.4. The molecule has 4 rings (SSSR count). The number of rotatable bonds is 6. The molecule has 0 bridgehead atoms. The van der Waals surface area contributed by atoms with Crippen molar-refractivity contribution in [3.8, 4) is 5.75 Å². The third kappa shape index (κ3) is 4.99. The number of carbonyl (C=O) groups is 1. The molecule has 0 aliphatic carbocycles. The Morgan fingerprint density at radius 1 is 1.09 bits per heavy atom. The van der Waals surface area contributed by atoms with E-state index in [-0.39, 0.29) is 23.1 Å². The van der Waals surface area contributed by atoms with Crippen molar-refractivity contribution < 1.29 is 17.9 Å². The molecule has 0 N–H and O–H groups in total. The van der Waals surface area contributed by atoms with E-state index < -0.39 is 10.0 Å². The standard InChI is InChI=1S/C26H28N2O4S2/c1-19-15-16-28(22-11-7-8-12-24(22)33-19)26(29)21-13-14-23(32-3)25(17-21)34(30,31)27(2)18-20-9-5-4-6-10-20/h4-14,17,19H,15-16,18H2,1-3H3. The van der Waals surface area contributed by atoms with Crippen LogP contribution in [0.3, 0.4) is 0 Å². The van der Waals surface area contributed by atoms with Crippen molar-refractivity contribution in [2.75, 3.05) is 25.6 Å². The topological polar surface area (TPSA) is 66.9 Å². The Morgan fingerprint density at radius 2 is 1.79 bits per heavy atom. The molecule has 1 aliphatic heterocycles. The fourth-order valence-electron chi connectivity index (χ4n) is 3.96. The van der Waals surface area contributed by atoms with Crippen LogP contribution in [0, 0.1) is 0 Å². The molecule has 1 atom stereocenters. The zero-order chi connectivity index (χ0) is 24.3. The average Bonchev–Trinajstić information content (AvgIpc) is 3.01. The fourth-order valence-corrected chi connectivity index (χ4v) is 6.41. The summed E-state index contributed by atoms with van der Waals surface area (Å²) in [5.41, 5.74) is 2.03. The van der Waals surface area contributed by atoms with Gasteiger partial charge < -0.3 is 9.64 Å². The summed E-state index contributed by atoms with van der Waals surface area (Å²) in [6.45, 7) is 2.92. The van der Waals surface area contributed by atoms with Crippen molar-refractivity contribution in [1.82, 2.24) is 4.31 Å². The first kappa shape index (κ1) is 24.3. The number of methoxy groups -OCH3 is 1. The van der Waals surface area contributed by atoms with Crippen LogP contribution in [0.1, 0.15) is 29.3 Å². The summed E-state index contributed by atoms with van der Waals surface area (Å²) in [5, 5.41) is 0.373. The third-order valence-corrected chi connectivity index (χ3v) is 8.90. The van der Waals surface area contributed by atoms with Crippen molar-refractivity contribution in [3.05, 3.63) is 83.9 Å². The lowest BCUT2D eigenvalue weighted by molar-refractivity contribution is 0.0986. The zero-order valence-corrected chi connectivity index (χ0v) is 21.1. The van der Waals surface area contributed by atoms with Gasteiger partial charge in [-0.15, -0.1) is 11.8 Å². The maximum absolute atomic E-state index is 13.6. The van der Waals surface area contributed by atoms with E-state index in [0.717, 1.165) is 22.6 Å². The molecule has 1 amide bonds. The number of hydrogen-bond acceptors (Lipinski definition) is 5. The first-order valence-electron chi connectivity index (χ1n) is 11.1. The van der Waals surface area contributed by atoms with Gasteiger partial charge in [0, 0.05) is 35.8 Å². The van der Waals surface area contributed by atoms with Crippen LogP contribution < -0.4 is 9.64 Å². The largest absolute Gasteiger partial charge is 0.495 e. The van der Waals surface area contributed by atoms with Crippen LogP contribution >= 0.6 is 11.8 Å². The summed E-state index contributed by atoms with van der Waals surface area (Å²) in [5.74, 6) is -0.0242. The van der Waals surface area contributed by atoms with Crippen LogP contribution in [0.25, 0.3) is 0 Å². The maximum Gasteiger partial charge on any atom is 0.258 e. The van der Waals surface area contributed by atoms with E-state index in [9.17, 15) is 13.2 Å². The number of hydrogen-bond donors (Lipinski definition) is 0. The highest BCUT2D eigenvalue weighted by Crippen LogP contribution is 2.38. The molecular weight excluding hydrogens is 468 g/mol. The minimum Gasteiger partial charge on any atom is -0.495 e. The van der Waals surface area contributed by atoms with E-state index in [1.165, 1.54) is 24.5 Å². The van der Waals surface area contributed by atoms with E-state index in [1.54, 1.807) is 28.8 Å². The lowest BCUT2D eigenvalue weighted by Gasteiger charge is -2.24. The highest BCUT2D eigenvalue weighted by atomic mass is 32.2. The Hall–Kier alpha value is -2.81. The second-order valence-electron chi connectivity index (χ2n) is 8.25. The predicted octanol–water partition coefficient (Wildman–Crippen LogP) is 5.05. The summed E-state index contributed by atoms with van der Waals surface area (Å²) < 4.78 is 33.6. The zero-order valence-electron chi connectivity index (χ0n) is 19.5. The maximum atomic E-state index is 13.6. The Kier molecular flexibility index (Phi) is 7.30. The molecule has 178 valence electrons. The second kappa shape index (κ2) is 10.2. The van der Waals surface area contributed by atoms with Crippen LogP contribution in [0.2, 0.25) is 0 Å². The van der Waals surface area contributed by atoms with E-state index in [2.05, 4.69) is 6.92 Å². The third-order valence-electron chi connectivity index (χ3n) is 5.84. The number of amides is 1. The molecule has 8 heteroatoms. The quantitative estimate of drug-likeness (QED) is 0.478. The van der Waals surface area contributed by atoms with E-state index in [1.807, 2.05) is 54.6 Å². The summed E-state index contributed by atoms with van der Waals surface area (Å²) in [6.07, 6.45) is 0.839. The molecule has 0 saturated heterocycles. The molecule has 6 nitrogen and oxygen atoms in total. The molecule has 0 fully saturated rings. The summed E-state index contributed by atoms with van der Waals surface area (Å²) >= 11 is 1.75. The molecule has 34 heavy (non-hydrogen) atoms. The van der Waals surface area contributed by atoms with Crippen LogP contribution in [0.5, 0.6) is 5.75 Å². The van der Waals surface area contributed by atoms with Gasteiger partial charge in [-0.1, -0.05) is 49.4 Å². The Labute approximate surface area is 205 Å². The monoisotopic (exact) mass is 496 g/mol. The van der Waals surface area contributed by atoms with Gasteiger partial charge in [-0.2, -0.15) is 4.31 Å². The van der Waals surface area contributed by atoms with Gasteiger partial charge in [0.15, 0.2) is 0 Å². The Bertz CT molecular complexity index is 1280. The summed E-state index contributed by atoms with van der Waals surface area (Å²) in [7, 11) is -0.955. The molecule has 0 saturated carbocycles. The van der Waals surface area contributed by atoms with Crippen LogP contribution in [0.4, 0.5) is 5.69 Å². The van der Waals surface area contributed by atoms with Crippen molar-refractivity contribution in [2.45, 2.75) is 34.9 Å². The summed E-state index contributed by atoms with van der Waals surface area (Å²) in [6, 6.07) is 21.8. The van der Waals surface area contributed by atoms with Gasteiger partial charge in [0.05, 0.1) is 12.8 Å². The van der Waals surface area contributed by atoms with Crippen LogP contribution in [-0.2, 0) is 16.6 Å². The molecule has 3 aromatic carbocycles.